The summed E-state index contributed by atoms with van der Waals surface area (Å²) in [5, 5.41) is 3.43. The van der Waals surface area contributed by atoms with Crippen LogP contribution in [0.1, 0.15) is 37.7 Å². The van der Waals surface area contributed by atoms with Gasteiger partial charge in [-0.15, -0.1) is 0 Å². The highest BCUT2D eigenvalue weighted by Crippen LogP contribution is 2.15. The molecule has 3 nitrogen and oxygen atoms in total. The van der Waals surface area contributed by atoms with E-state index in [-0.39, 0.29) is 0 Å². The Labute approximate surface area is 115 Å². The number of Topliss-reactive ketones (excluding diaryl/α,β-unsaturated/α-hetero) is 1. The topological polar surface area (TPSA) is 38.3 Å². The molecule has 0 aromatic heterocycles. The van der Waals surface area contributed by atoms with Crippen molar-refractivity contribution in [1.82, 2.24) is 5.32 Å². The van der Waals surface area contributed by atoms with Gasteiger partial charge in [-0.1, -0.05) is 18.6 Å². The summed E-state index contributed by atoms with van der Waals surface area (Å²) in [6.07, 6.45) is 5.81. The van der Waals surface area contributed by atoms with Crippen LogP contribution in [0.5, 0.6) is 5.75 Å². The third-order valence-electron chi connectivity index (χ3n) is 3.74. The molecule has 1 aromatic rings. The number of methoxy groups -OCH3 is 1. The van der Waals surface area contributed by atoms with Gasteiger partial charge in [-0.25, -0.2) is 0 Å². The van der Waals surface area contributed by atoms with E-state index in [2.05, 4.69) is 5.32 Å². The summed E-state index contributed by atoms with van der Waals surface area (Å²) in [4.78, 5) is 11.9. The van der Waals surface area contributed by atoms with Crippen LogP contribution in [0.2, 0.25) is 0 Å². The Bertz CT molecular complexity index is 394. The predicted molar refractivity (Wildman–Crippen MR) is 76.6 cm³/mol. The number of piperidine rings is 1. The van der Waals surface area contributed by atoms with Crippen LogP contribution in [0.4, 0.5) is 0 Å². The standard InChI is InChI=1S/C16H23NO2/c1-19-16-9-6-13(7-10-16)5-8-15(18)12-14-4-2-3-11-17-14/h6-7,9-10,14,17H,2-5,8,11-12H2,1H3/t14-/m1/s1. The molecule has 1 aromatic carbocycles. The smallest absolute Gasteiger partial charge is 0.134 e. The summed E-state index contributed by atoms with van der Waals surface area (Å²) in [7, 11) is 1.66. The molecule has 3 heteroatoms. The van der Waals surface area contributed by atoms with Gasteiger partial charge in [0.2, 0.25) is 0 Å². The van der Waals surface area contributed by atoms with Crippen molar-refractivity contribution in [2.24, 2.45) is 0 Å². The van der Waals surface area contributed by atoms with E-state index in [0.717, 1.165) is 25.1 Å². The third kappa shape index (κ3) is 4.67. The van der Waals surface area contributed by atoms with Gasteiger partial charge in [-0.3, -0.25) is 4.79 Å². The Morgan fingerprint density at radius 3 is 2.74 bits per heavy atom. The molecule has 1 aliphatic heterocycles. The summed E-state index contributed by atoms with van der Waals surface area (Å²) in [5.74, 6) is 1.23. The van der Waals surface area contributed by atoms with Crippen molar-refractivity contribution < 1.29 is 9.53 Å². The monoisotopic (exact) mass is 261 g/mol. The molecule has 1 atom stereocenters. The minimum atomic E-state index is 0.371. The highest BCUT2D eigenvalue weighted by molar-refractivity contribution is 5.79. The summed E-state index contributed by atoms with van der Waals surface area (Å²) < 4.78 is 5.12. The lowest BCUT2D eigenvalue weighted by Gasteiger charge is -2.22. The second kappa shape index (κ2) is 7.29. The second-order valence-corrected chi connectivity index (χ2v) is 5.24. The first-order valence-electron chi connectivity index (χ1n) is 7.16. The molecule has 1 heterocycles. The summed E-state index contributed by atoms with van der Waals surface area (Å²) >= 11 is 0. The lowest BCUT2D eigenvalue weighted by Crippen LogP contribution is -2.35. The van der Waals surface area contributed by atoms with Crippen molar-refractivity contribution >= 4 is 5.78 Å². The van der Waals surface area contributed by atoms with Crippen molar-refractivity contribution in [3.63, 3.8) is 0 Å². The summed E-state index contributed by atoms with van der Waals surface area (Å²) in [6, 6.07) is 8.37. The van der Waals surface area contributed by atoms with Gasteiger partial charge in [0.05, 0.1) is 7.11 Å². The SMILES string of the molecule is COc1ccc(CCC(=O)C[C@H]2CCCCN2)cc1. The van der Waals surface area contributed by atoms with Gasteiger partial charge >= 0.3 is 0 Å². The maximum atomic E-state index is 11.9. The van der Waals surface area contributed by atoms with Gasteiger partial charge in [-0.05, 0) is 43.5 Å². The molecule has 0 saturated carbocycles. The van der Waals surface area contributed by atoms with Crippen molar-refractivity contribution in [2.75, 3.05) is 13.7 Å². The van der Waals surface area contributed by atoms with E-state index in [1.165, 1.54) is 18.4 Å². The molecule has 1 saturated heterocycles. The first-order valence-corrected chi connectivity index (χ1v) is 7.16. The molecule has 0 spiro atoms. The number of carbonyl (C=O) groups excluding carboxylic acids is 1. The summed E-state index contributed by atoms with van der Waals surface area (Å²) in [6.45, 7) is 1.07. The van der Waals surface area contributed by atoms with E-state index < -0.39 is 0 Å². The molecule has 2 rings (SSSR count). The second-order valence-electron chi connectivity index (χ2n) is 5.24. The average Bonchev–Trinajstić information content (AvgIpc) is 2.47. The fraction of sp³-hybridized carbons (Fsp3) is 0.562. The van der Waals surface area contributed by atoms with Gasteiger partial charge in [0.15, 0.2) is 0 Å². The molecule has 0 aliphatic carbocycles. The van der Waals surface area contributed by atoms with Gasteiger partial charge < -0.3 is 10.1 Å². The Morgan fingerprint density at radius 2 is 2.11 bits per heavy atom. The molecule has 1 aliphatic rings. The van der Waals surface area contributed by atoms with E-state index in [9.17, 15) is 4.79 Å². The maximum absolute atomic E-state index is 11.9. The normalized spacial score (nSPS) is 19.1. The number of hydrogen-bond acceptors (Lipinski definition) is 3. The van der Waals surface area contributed by atoms with Crippen LogP contribution >= 0.6 is 0 Å². The van der Waals surface area contributed by atoms with Gasteiger partial charge in [0.25, 0.3) is 0 Å². The molecule has 0 radical (unpaired) electrons. The lowest BCUT2D eigenvalue weighted by molar-refractivity contribution is -0.119. The molecule has 19 heavy (non-hydrogen) atoms. The number of ether oxygens (including phenoxy) is 1. The van der Waals surface area contributed by atoms with Gasteiger partial charge in [-0.2, -0.15) is 0 Å². The third-order valence-corrected chi connectivity index (χ3v) is 3.74. The quantitative estimate of drug-likeness (QED) is 0.855. The van der Waals surface area contributed by atoms with Gasteiger partial charge in [0, 0.05) is 18.9 Å². The van der Waals surface area contributed by atoms with Crippen LogP contribution in [0.25, 0.3) is 0 Å². The molecule has 0 unspecified atom stereocenters. The fourth-order valence-corrected chi connectivity index (χ4v) is 2.55. The van der Waals surface area contributed by atoms with Crippen LogP contribution in [-0.2, 0) is 11.2 Å². The van der Waals surface area contributed by atoms with Crippen molar-refractivity contribution in [2.45, 2.75) is 44.6 Å². The van der Waals surface area contributed by atoms with Crippen LogP contribution in [0.15, 0.2) is 24.3 Å². The molecule has 104 valence electrons. The highest BCUT2D eigenvalue weighted by Gasteiger charge is 2.15. The minimum absolute atomic E-state index is 0.371. The highest BCUT2D eigenvalue weighted by atomic mass is 16.5. The zero-order chi connectivity index (χ0) is 13.5. The summed E-state index contributed by atoms with van der Waals surface area (Å²) in [5.41, 5.74) is 1.20. The molecule has 0 bridgehead atoms. The Balaban J connectivity index is 1.72. The van der Waals surface area contributed by atoms with Crippen LogP contribution in [-0.4, -0.2) is 25.5 Å². The minimum Gasteiger partial charge on any atom is -0.497 e. The van der Waals surface area contributed by atoms with Crippen LogP contribution in [0, 0.1) is 0 Å². The molecular weight excluding hydrogens is 238 g/mol. The van der Waals surface area contributed by atoms with Crippen molar-refractivity contribution in [3.8, 4) is 5.75 Å². The van der Waals surface area contributed by atoms with Crippen LogP contribution in [0.3, 0.4) is 0 Å². The van der Waals surface area contributed by atoms with E-state index in [0.29, 0.717) is 24.7 Å². The van der Waals surface area contributed by atoms with Crippen molar-refractivity contribution in [3.05, 3.63) is 29.8 Å². The zero-order valence-electron chi connectivity index (χ0n) is 11.7. The van der Waals surface area contributed by atoms with E-state index in [1.54, 1.807) is 7.11 Å². The fourth-order valence-electron chi connectivity index (χ4n) is 2.55. The number of nitrogens with one attached hydrogen (secondary N) is 1. The number of ketones is 1. The maximum Gasteiger partial charge on any atom is 0.134 e. The first-order chi connectivity index (χ1) is 9.28. The number of rotatable bonds is 6. The average molecular weight is 261 g/mol. The zero-order valence-corrected chi connectivity index (χ0v) is 11.7. The number of carbonyl (C=O) groups is 1. The van der Waals surface area contributed by atoms with E-state index in [4.69, 9.17) is 4.74 Å². The predicted octanol–water partition coefficient (Wildman–Crippen LogP) is 2.73. The Hall–Kier alpha value is -1.35. The number of hydrogen-bond donors (Lipinski definition) is 1. The lowest BCUT2D eigenvalue weighted by atomic mass is 9.97. The molecular formula is C16H23NO2. The largest absolute Gasteiger partial charge is 0.497 e. The van der Waals surface area contributed by atoms with E-state index >= 15 is 0 Å². The first kappa shape index (κ1) is 14.1. The van der Waals surface area contributed by atoms with E-state index in [1.807, 2.05) is 24.3 Å². The molecule has 0 amide bonds. The molecule has 1 N–H and O–H groups in total. The molecule has 1 fully saturated rings. The Morgan fingerprint density at radius 1 is 1.32 bits per heavy atom. The number of aryl methyl sites for hydroxylation is 1. The van der Waals surface area contributed by atoms with Crippen molar-refractivity contribution in [1.29, 1.82) is 0 Å². The number of benzene rings is 1. The Kier molecular flexibility index (Phi) is 5.40. The van der Waals surface area contributed by atoms with Crippen LogP contribution < -0.4 is 10.1 Å². The van der Waals surface area contributed by atoms with Gasteiger partial charge in [0.1, 0.15) is 11.5 Å².